The lowest BCUT2D eigenvalue weighted by atomic mass is 9.95. The number of hydrogen-bond acceptors (Lipinski definition) is 3. The fourth-order valence-corrected chi connectivity index (χ4v) is 2.00. The van der Waals surface area contributed by atoms with Gasteiger partial charge >= 0.3 is 5.97 Å². The van der Waals surface area contributed by atoms with Crippen LogP contribution in [0.4, 0.5) is 10.1 Å². The van der Waals surface area contributed by atoms with Crippen molar-refractivity contribution in [2.75, 3.05) is 18.8 Å². The lowest BCUT2D eigenvalue weighted by molar-refractivity contribution is -0.139. The highest BCUT2D eigenvalue weighted by Gasteiger charge is 2.33. The molecule has 0 saturated carbocycles. The molecular formula is C12H13FN2O3. The van der Waals surface area contributed by atoms with Crippen molar-refractivity contribution < 1.29 is 19.1 Å². The van der Waals surface area contributed by atoms with Crippen LogP contribution in [0.5, 0.6) is 0 Å². The van der Waals surface area contributed by atoms with Crippen molar-refractivity contribution in [2.24, 2.45) is 5.92 Å². The average molecular weight is 252 g/mol. The lowest BCUT2D eigenvalue weighted by Crippen LogP contribution is -2.50. The van der Waals surface area contributed by atoms with E-state index in [2.05, 4.69) is 0 Å². The molecular weight excluding hydrogens is 239 g/mol. The van der Waals surface area contributed by atoms with Crippen LogP contribution in [0.3, 0.4) is 0 Å². The third kappa shape index (κ3) is 2.42. The lowest BCUT2D eigenvalue weighted by Gasteiger charge is -2.38. The summed E-state index contributed by atoms with van der Waals surface area (Å²) in [7, 11) is 0. The number of nitrogens with zero attached hydrogens (tertiary/aromatic N) is 1. The van der Waals surface area contributed by atoms with Crippen LogP contribution in [0.25, 0.3) is 0 Å². The molecule has 1 amide bonds. The normalized spacial score (nSPS) is 15.3. The summed E-state index contributed by atoms with van der Waals surface area (Å²) < 4.78 is 13.0. The first-order chi connectivity index (χ1) is 8.47. The van der Waals surface area contributed by atoms with Crippen LogP contribution in [-0.2, 0) is 4.79 Å². The Labute approximate surface area is 103 Å². The minimum absolute atomic E-state index is 0.0266. The average Bonchev–Trinajstić information content (AvgIpc) is 2.25. The minimum Gasteiger partial charge on any atom is -0.481 e. The largest absolute Gasteiger partial charge is 0.481 e. The predicted molar refractivity (Wildman–Crippen MR) is 62.5 cm³/mol. The number of aliphatic carboxylic acids is 1. The van der Waals surface area contributed by atoms with Crippen molar-refractivity contribution in [1.82, 2.24) is 4.90 Å². The highest BCUT2D eigenvalue weighted by Crippen LogP contribution is 2.24. The monoisotopic (exact) mass is 252 g/mol. The molecule has 5 nitrogen and oxygen atoms in total. The summed E-state index contributed by atoms with van der Waals surface area (Å²) in [6.45, 7) is 0.752. The van der Waals surface area contributed by atoms with E-state index in [9.17, 15) is 14.0 Å². The predicted octanol–water partition coefficient (Wildman–Crippen LogP) is 0.955. The molecule has 0 unspecified atom stereocenters. The van der Waals surface area contributed by atoms with Crippen LogP contribution in [0.1, 0.15) is 16.8 Å². The fraction of sp³-hybridized carbons (Fsp3) is 0.333. The van der Waals surface area contributed by atoms with E-state index in [1.807, 2.05) is 0 Å². The number of benzene rings is 1. The van der Waals surface area contributed by atoms with Gasteiger partial charge in [-0.2, -0.15) is 0 Å². The zero-order chi connectivity index (χ0) is 13.3. The van der Waals surface area contributed by atoms with Crippen LogP contribution >= 0.6 is 0 Å². The van der Waals surface area contributed by atoms with Gasteiger partial charge < -0.3 is 15.7 Å². The van der Waals surface area contributed by atoms with Crippen molar-refractivity contribution >= 4 is 17.6 Å². The smallest absolute Gasteiger partial charge is 0.303 e. The number of nitrogens with two attached hydrogens (primary N) is 1. The molecule has 0 atom stereocenters. The van der Waals surface area contributed by atoms with E-state index >= 15 is 0 Å². The van der Waals surface area contributed by atoms with E-state index < -0.39 is 11.8 Å². The van der Waals surface area contributed by atoms with Crippen molar-refractivity contribution in [3.8, 4) is 0 Å². The standard InChI is InChI=1S/C12H13FN2O3/c13-8-1-2-10(14)9(4-8)12(18)15-5-7(6-15)3-11(16)17/h1-2,4,7H,3,5-6,14H2,(H,16,17). The van der Waals surface area contributed by atoms with Crippen molar-refractivity contribution in [2.45, 2.75) is 6.42 Å². The summed E-state index contributed by atoms with van der Waals surface area (Å²) in [6.07, 6.45) is 0.0441. The van der Waals surface area contributed by atoms with Gasteiger partial charge in [-0.1, -0.05) is 0 Å². The molecule has 1 heterocycles. The second-order valence-electron chi connectivity index (χ2n) is 4.41. The van der Waals surface area contributed by atoms with Crippen molar-refractivity contribution in [3.05, 3.63) is 29.6 Å². The number of carbonyl (C=O) groups is 2. The summed E-state index contributed by atoms with van der Waals surface area (Å²) >= 11 is 0. The molecule has 1 fully saturated rings. The van der Waals surface area contributed by atoms with Gasteiger partial charge in [-0.15, -0.1) is 0 Å². The Morgan fingerprint density at radius 2 is 2.11 bits per heavy atom. The van der Waals surface area contributed by atoms with E-state index in [1.165, 1.54) is 17.0 Å². The van der Waals surface area contributed by atoms with Crippen LogP contribution < -0.4 is 5.73 Å². The summed E-state index contributed by atoms with van der Waals surface area (Å²) in [4.78, 5) is 23.9. The summed E-state index contributed by atoms with van der Waals surface area (Å²) in [6, 6.07) is 3.63. The van der Waals surface area contributed by atoms with Gasteiger partial charge in [0.25, 0.3) is 5.91 Å². The van der Waals surface area contributed by atoms with Gasteiger partial charge in [0.2, 0.25) is 0 Å². The molecule has 0 aromatic heterocycles. The Morgan fingerprint density at radius 3 is 2.72 bits per heavy atom. The summed E-state index contributed by atoms with van der Waals surface area (Å²) in [5.74, 6) is -1.78. The second-order valence-corrected chi connectivity index (χ2v) is 4.41. The van der Waals surface area contributed by atoms with Crippen molar-refractivity contribution in [1.29, 1.82) is 0 Å². The Hall–Kier alpha value is -2.11. The highest BCUT2D eigenvalue weighted by molar-refractivity contribution is 5.99. The van der Waals surface area contributed by atoms with E-state index in [4.69, 9.17) is 10.8 Å². The number of likely N-dealkylation sites (tertiary alicyclic amines) is 1. The highest BCUT2D eigenvalue weighted by atomic mass is 19.1. The van der Waals surface area contributed by atoms with E-state index in [1.54, 1.807) is 0 Å². The molecule has 1 aromatic rings. The molecule has 1 aromatic carbocycles. The Balaban J connectivity index is 2.01. The van der Waals surface area contributed by atoms with Gasteiger partial charge in [0.15, 0.2) is 0 Å². The molecule has 0 spiro atoms. The zero-order valence-electron chi connectivity index (χ0n) is 9.60. The molecule has 1 aliphatic rings. The third-order valence-electron chi connectivity index (χ3n) is 2.95. The Kier molecular flexibility index (Phi) is 3.18. The molecule has 96 valence electrons. The first kappa shape index (κ1) is 12.3. The molecule has 1 saturated heterocycles. The van der Waals surface area contributed by atoms with Crippen LogP contribution in [0.15, 0.2) is 18.2 Å². The van der Waals surface area contributed by atoms with Gasteiger partial charge in [-0.25, -0.2) is 4.39 Å². The SMILES string of the molecule is Nc1ccc(F)cc1C(=O)N1CC(CC(=O)O)C1. The first-order valence-corrected chi connectivity index (χ1v) is 5.53. The molecule has 0 bridgehead atoms. The third-order valence-corrected chi connectivity index (χ3v) is 2.95. The van der Waals surface area contributed by atoms with E-state index in [0.29, 0.717) is 13.1 Å². The number of halogens is 1. The zero-order valence-corrected chi connectivity index (χ0v) is 9.60. The molecule has 0 radical (unpaired) electrons. The number of rotatable bonds is 3. The van der Waals surface area contributed by atoms with Gasteiger partial charge in [-0.3, -0.25) is 9.59 Å². The quantitative estimate of drug-likeness (QED) is 0.785. The number of amides is 1. The van der Waals surface area contributed by atoms with Crippen molar-refractivity contribution in [3.63, 3.8) is 0 Å². The van der Waals surface area contributed by atoms with Gasteiger partial charge in [0, 0.05) is 24.7 Å². The Morgan fingerprint density at radius 1 is 1.44 bits per heavy atom. The van der Waals surface area contributed by atoms with E-state index in [0.717, 1.165) is 6.07 Å². The van der Waals surface area contributed by atoms with Gasteiger partial charge in [-0.05, 0) is 18.2 Å². The minimum atomic E-state index is -0.877. The van der Waals surface area contributed by atoms with E-state index in [-0.39, 0.29) is 29.5 Å². The maximum absolute atomic E-state index is 13.0. The maximum atomic E-state index is 13.0. The summed E-state index contributed by atoms with van der Waals surface area (Å²) in [5, 5.41) is 8.60. The van der Waals surface area contributed by atoms with Gasteiger partial charge in [0.1, 0.15) is 5.82 Å². The van der Waals surface area contributed by atoms with Gasteiger partial charge in [0.05, 0.1) is 12.0 Å². The van der Waals surface area contributed by atoms with Crippen LogP contribution in [-0.4, -0.2) is 35.0 Å². The number of anilines is 1. The molecule has 2 rings (SSSR count). The molecule has 1 aliphatic heterocycles. The number of carbonyl (C=O) groups excluding carboxylic acids is 1. The number of hydrogen-bond donors (Lipinski definition) is 2. The number of nitrogen functional groups attached to an aromatic ring is 1. The van der Waals surface area contributed by atoms with Crippen LogP contribution in [0.2, 0.25) is 0 Å². The molecule has 0 aliphatic carbocycles. The summed E-state index contributed by atoms with van der Waals surface area (Å²) in [5.41, 5.74) is 5.97. The maximum Gasteiger partial charge on any atom is 0.303 e. The number of carboxylic acid groups (broad SMARTS) is 1. The van der Waals surface area contributed by atoms with Crippen LogP contribution in [0, 0.1) is 11.7 Å². The first-order valence-electron chi connectivity index (χ1n) is 5.53. The topological polar surface area (TPSA) is 83.6 Å². The molecule has 3 N–H and O–H groups in total. The molecule has 6 heteroatoms. The Bertz CT molecular complexity index is 498. The second kappa shape index (κ2) is 4.64. The molecule has 18 heavy (non-hydrogen) atoms. The number of carboxylic acids is 1. The fourth-order valence-electron chi connectivity index (χ4n) is 2.00.